The molecular formula is C8H8O3S. The molecule has 1 aromatic rings. The van der Waals surface area contributed by atoms with Gasteiger partial charge in [0.05, 0.1) is 0 Å². The Balaban J connectivity index is 2.58. The van der Waals surface area contributed by atoms with E-state index < -0.39 is 0 Å². The van der Waals surface area contributed by atoms with Crippen molar-refractivity contribution in [2.24, 2.45) is 0 Å². The third-order valence-corrected chi connectivity index (χ3v) is 1.73. The van der Waals surface area contributed by atoms with Gasteiger partial charge in [-0.15, -0.1) is 0 Å². The van der Waals surface area contributed by atoms with Gasteiger partial charge in [-0.2, -0.15) is 0 Å². The standard InChI is InChI=1S/C8H8O3S/c9-5-6-11-7-1-3-8(12-10)4-2-7/h1-5,10H,6H2. The SMILES string of the molecule is O=CCOc1ccc(SO)cc1. The van der Waals surface area contributed by atoms with Crippen molar-refractivity contribution in [2.45, 2.75) is 4.90 Å². The molecule has 0 saturated carbocycles. The minimum Gasteiger partial charge on any atom is -0.486 e. The van der Waals surface area contributed by atoms with Crippen LogP contribution in [0.4, 0.5) is 0 Å². The molecule has 12 heavy (non-hydrogen) atoms. The summed E-state index contributed by atoms with van der Waals surface area (Å²) in [5.41, 5.74) is 0. The summed E-state index contributed by atoms with van der Waals surface area (Å²) in [4.78, 5) is 10.7. The maximum atomic E-state index is 9.93. The average Bonchev–Trinajstić information content (AvgIpc) is 2.15. The van der Waals surface area contributed by atoms with Crippen molar-refractivity contribution in [3.63, 3.8) is 0 Å². The van der Waals surface area contributed by atoms with Gasteiger partial charge in [-0.25, -0.2) is 0 Å². The fourth-order valence-electron chi connectivity index (χ4n) is 0.727. The number of ether oxygens (including phenoxy) is 1. The molecule has 3 nitrogen and oxygen atoms in total. The quantitative estimate of drug-likeness (QED) is 0.572. The van der Waals surface area contributed by atoms with Gasteiger partial charge in [-0.05, 0) is 24.3 Å². The van der Waals surface area contributed by atoms with Crippen LogP contribution in [-0.4, -0.2) is 17.4 Å². The Kier molecular flexibility index (Phi) is 3.63. The van der Waals surface area contributed by atoms with Crippen LogP contribution in [0.5, 0.6) is 5.75 Å². The Morgan fingerprint density at radius 1 is 1.42 bits per heavy atom. The summed E-state index contributed by atoms with van der Waals surface area (Å²) in [6.07, 6.45) is 0.689. The van der Waals surface area contributed by atoms with Gasteiger partial charge in [0.25, 0.3) is 0 Å². The first kappa shape index (κ1) is 9.09. The number of rotatable bonds is 4. The zero-order valence-corrected chi connectivity index (χ0v) is 7.08. The predicted octanol–water partition coefficient (Wildman–Crippen LogP) is 1.83. The Bertz CT molecular complexity index is 245. The van der Waals surface area contributed by atoms with Gasteiger partial charge in [0.1, 0.15) is 12.4 Å². The zero-order valence-electron chi connectivity index (χ0n) is 6.27. The molecule has 64 valence electrons. The average molecular weight is 184 g/mol. The Labute approximate surface area is 74.6 Å². The third kappa shape index (κ3) is 2.56. The third-order valence-electron chi connectivity index (χ3n) is 1.25. The molecule has 1 aromatic carbocycles. The largest absolute Gasteiger partial charge is 0.486 e. The van der Waals surface area contributed by atoms with Crippen molar-refractivity contribution in [3.8, 4) is 5.75 Å². The van der Waals surface area contributed by atoms with Crippen LogP contribution >= 0.6 is 12.0 Å². The van der Waals surface area contributed by atoms with E-state index in [0.29, 0.717) is 24.1 Å². The Morgan fingerprint density at radius 3 is 2.58 bits per heavy atom. The second kappa shape index (κ2) is 4.79. The van der Waals surface area contributed by atoms with Crippen LogP contribution in [0.2, 0.25) is 0 Å². The van der Waals surface area contributed by atoms with Crippen LogP contribution in [0.1, 0.15) is 0 Å². The van der Waals surface area contributed by atoms with Crippen molar-refractivity contribution >= 4 is 18.3 Å². The minimum absolute atomic E-state index is 0.0611. The van der Waals surface area contributed by atoms with Gasteiger partial charge < -0.3 is 9.29 Å². The van der Waals surface area contributed by atoms with Crippen molar-refractivity contribution in [2.75, 3.05) is 6.61 Å². The van der Waals surface area contributed by atoms with Gasteiger partial charge in [-0.1, -0.05) is 0 Å². The van der Waals surface area contributed by atoms with Crippen LogP contribution < -0.4 is 4.74 Å². The number of benzene rings is 1. The summed E-state index contributed by atoms with van der Waals surface area (Å²) < 4.78 is 13.6. The second-order valence-corrected chi connectivity index (χ2v) is 2.69. The Hall–Kier alpha value is -1.00. The highest BCUT2D eigenvalue weighted by Gasteiger charge is 1.93. The Morgan fingerprint density at radius 2 is 2.08 bits per heavy atom. The van der Waals surface area contributed by atoms with E-state index in [4.69, 9.17) is 9.29 Å². The van der Waals surface area contributed by atoms with Gasteiger partial charge in [0.2, 0.25) is 0 Å². The number of hydrogen-bond donors (Lipinski definition) is 1. The highest BCUT2D eigenvalue weighted by Crippen LogP contribution is 2.18. The lowest BCUT2D eigenvalue weighted by Crippen LogP contribution is -1.96. The molecule has 0 saturated heterocycles. The van der Waals surface area contributed by atoms with Gasteiger partial charge in [-0.3, -0.25) is 4.79 Å². The topological polar surface area (TPSA) is 46.5 Å². The molecule has 1 N–H and O–H groups in total. The molecule has 4 heteroatoms. The zero-order chi connectivity index (χ0) is 8.81. The van der Waals surface area contributed by atoms with E-state index in [1.807, 2.05) is 0 Å². The highest BCUT2D eigenvalue weighted by atomic mass is 32.2. The summed E-state index contributed by atoms with van der Waals surface area (Å²) in [6, 6.07) is 6.82. The number of hydrogen-bond acceptors (Lipinski definition) is 4. The number of carbonyl (C=O) groups excluding carboxylic acids is 1. The summed E-state index contributed by atoms with van der Waals surface area (Å²) in [5.74, 6) is 0.625. The van der Waals surface area contributed by atoms with Gasteiger partial charge >= 0.3 is 0 Å². The van der Waals surface area contributed by atoms with Crippen LogP contribution in [-0.2, 0) is 4.79 Å². The lowest BCUT2D eigenvalue weighted by molar-refractivity contribution is -0.109. The molecule has 0 radical (unpaired) electrons. The van der Waals surface area contributed by atoms with Crippen molar-refractivity contribution in [1.82, 2.24) is 0 Å². The fraction of sp³-hybridized carbons (Fsp3) is 0.125. The second-order valence-electron chi connectivity index (χ2n) is 2.04. The van der Waals surface area contributed by atoms with E-state index in [9.17, 15) is 4.79 Å². The molecular weight excluding hydrogens is 176 g/mol. The van der Waals surface area contributed by atoms with Crippen LogP contribution in [0, 0.1) is 0 Å². The smallest absolute Gasteiger partial charge is 0.157 e. The maximum absolute atomic E-state index is 9.93. The first-order valence-corrected chi connectivity index (χ1v) is 4.12. The van der Waals surface area contributed by atoms with E-state index in [-0.39, 0.29) is 6.61 Å². The molecule has 0 atom stereocenters. The monoisotopic (exact) mass is 184 g/mol. The maximum Gasteiger partial charge on any atom is 0.157 e. The van der Waals surface area contributed by atoms with Gasteiger partial charge in [0.15, 0.2) is 6.29 Å². The van der Waals surface area contributed by atoms with E-state index in [2.05, 4.69) is 0 Å². The van der Waals surface area contributed by atoms with Crippen molar-refractivity contribution < 1.29 is 14.1 Å². The molecule has 1 rings (SSSR count). The number of carbonyl (C=O) groups is 1. The molecule has 0 aliphatic rings. The molecule has 0 bridgehead atoms. The van der Waals surface area contributed by atoms with E-state index in [0.717, 1.165) is 4.90 Å². The summed E-state index contributed by atoms with van der Waals surface area (Å²) >= 11 is 0.676. The van der Waals surface area contributed by atoms with Gasteiger partial charge in [0, 0.05) is 16.9 Å². The summed E-state index contributed by atoms with van der Waals surface area (Å²) in [5, 5.41) is 0. The molecule has 0 unspecified atom stereocenters. The molecule has 0 aromatic heterocycles. The van der Waals surface area contributed by atoms with E-state index >= 15 is 0 Å². The van der Waals surface area contributed by atoms with Crippen LogP contribution in [0.3, 0.4) is 0 Å². The highest BCUT2D eigenvalue weighted by molar-refractivity contribution is 7.93. The molecule has 0 fully saturated rings. The molecule has 0 heterocycles. The first-order chi connectivity index (χ1) is 5.86. The fourth-order valence-corrected chi connectivity index (χ4v) is 0.985. The minimum atomic E-state index is 0.0611. The summed E-state index contributed by atoms with van der Waals surface area (Å²) in [6.45, 7) is 0.0611. The first-order valence-electron chi connectivity index (χ1n) is 3.34. The van der Waals surface area contributed by atoms with Crippen molar-refractivity contribution in [1.29, 1.82) is 0 Å². The normalized spacial score (nSPS) is 9.42. The predicted molar refractivity (Wildman–Crippen MR) is 46.5 cm³/mol. The van der Waals surface area contributed by atoms with Crippen LogP contribution in [0.25, 0.3) is 0 Å². The van der Waals surface area contributed by atoms with E-state index in [1.54, 1.807) is 24.3 Å². The number of aldehydes is 1. The lowest BCUT2D eigenvalue weighted by Gasteiger charge is -2.01. The summed E-state index contributed by atoms with van der Waals surface area (Å²) in [7, 11) is 0. The molecule has 0 spiro atoms. The lowest BCUT2D eigenvalue weighted by atomic mass is 10.3. The molecule has 0 aliphatic heterocycles. The van der Waals surface area contributed by atoms with Crippen molar-refractivity contribution in [3.05, 3.63) is 24.3 Å². The van der Waals surface area contributed by atoms with E-state index in [1.165, 1.54) is 0 Å². The molecule has 0 amide bonds. The van der Waals surface area contributed by atoms with Crippen LogP contribution in [0.15, 0.2) is 29.2 Å². The molecule has 0 aliphatic carbocycles.